The van der Waals surface area contributed by atoms with Gasteiger partial charge in [0.25, 0.3) is 0 Å². The van der Waals surface area contributed by atoms with Crippen LogP contribution in [0.1, 0.15) is 12.5 Å². The Morgan fingerprint density at radius 2 is 2.25 bits per heavy atom. The van der Waals surface area contributed by atoms with E-state index in [0.29, 0.717) is 31.1 Å². The van der Waals surface area contributed by atoms with Crippen molar-refractivity contribution in [3.63, 3.8) is 0 Å². The molecule has 1 N–H and O–H groups in total. The summed E-state index contributed by atoms with van der Waals surface area (Å²) in [5.74, 6) is 0.641. The molecule has 5 nitrogen and oxygen atoms in total. The highest BCUT2D eigenvalue weighted by molar-refractivity contribution is 6.30. The summed E-state index contributed by atoms with van der Waals surface area (Å²) in [7, 11) is 1.87. The third kappa shape index (κ3) is 3.30. The monoisotopic (exact) mass is 245 g/mol. The molecule has 0 aliphatic heterocycles. The Morgan fingerprint density at radius 1 is 1.50 bits per heavy atom. The van der Waals surface area contributed by atoms with E-state index in [0.717, 1.165) is 0 Å². The summed E-state index contributed by atoms with van der Waals surface area (Å²) in [6.07, 6.45) is 1.38. The number of likely N-dealkylation sites (N-methyl/N-ethyl adjacent to an activating group) is 1. The number of rotatable bonds is 6. The predicted molar refractivity (Wildman–Crippen MR) is 62.7 cm³/mol. The normalized spacial score (nSPS) is 10.5. The summed E-state index contributed by atoms with van der Waals surface area (Å²) < 4.78 is 5.25. The Balaban J connectivity index is 2.74. The Hall–Kier alpha value is -0.910. The smallest absolute Gasteiger partial charge is 0.140 e. The molecular weight excluding hydrogens is 230 g/mol. The molecule has 6 heteroatoms. The minimum Gasteiger partial charge on any atom is -0.391 e. The number of ether oxygens (including phenoxy) is 1. The minimum atomic E-state index is -0.173. The maximum Gasteiger partial charge on any atom is 0.140 e. The number of hydrogen-bond acceptors (Lipinski definition) is 5. The van der Waals surface area contributed by atoms with E-state index in [9.17, 15) is 5.11 Å². The number of nitrogens with zero attached hydrogens (tertiary/aromatic N) is 3. The second-order valence-electron chi connectivity index (χ2n) is 3.24. The van der Waals surface area contributed by atoms with Crippen molar-refractivity contribution in [3.8, 4) is 0 Å². The highest BCUT2D eigenvalue weighted by atomic mass is 35.5. The van der Waals surface area contributed by atoms with Crippen LogP contribution in [0, 0.1) is 0 Å². The third-order valence-electron chi connectivity index (χ3n) is 2.16. The molecule has 1 aromatic heterocycles. The second-order valence-corrected chi connectivity index (χ2v) is 3.60. The van der Waals surface area contributed by atoms with Crippen molar-refractivity contribution in [1.82, 2.24) is 9.97 Å². The molecule has 0 radical (unpaired) electrons. The zero-order valence-corrected chi connectivity index (χ0v) is 10.2. The lowest BCUT2D eigenvalue weighted by Gasteiger charge is -2.20. The molecule has 0 atom stereocenters. The molecule has 0 saturated carbocycles. The maximum atomic E-state index is 9.20. The molecule has 0 aromatic carbocycles. The highest BCUT2D eigenvalue weighted by Gasteiger charge is 2.12. The number of aromatic nitrogens is 2. The molecule has 0 aliphatic carbocycles. The molecule has 0 amide bonds. The molecule has 0 fully saturated rings. The van der Waals surface area contributed by atoms with Crippen molar-refractivity contribution >= 4 is 17.4 Å². The third-order valence-corrected chi connectivity index (χ3v) is 2.49. The summed E-state index contributed by atoms with van der Waals surface area (Å²) in [6.45, 7) is 3.76. The molecule has 0 unspecified atom stereocenters. The molecule has 16 heavy (non-hydrogen) atoms. The Morgan fingerprint density at radius 3 is 2.88 bits per heavy atom. The predicted octanol–water partition coefficient (Wildman–Crippen LogP) is 1.09. The van der Waals surface area contributed by atoms with Gasteiger partial charge in [-0.1, -0.05) is 11.6 Å². The largest absolute Gasteiger partial charge is 0.391 e. The van der Waals surface area contributed by atoms with Crippen LogP contribution in [0.15, 0.2) is 6.33 Å². The average Bonchev–Trinajstić information content (AvgIpc) is 2.29. The van der Waals surface area contributed by atoms with Gasteiger partial charge in [0, 0.05) is 20.2 Å². The van der Waals surface area contributed by atoms with E-state index in [1.807, 2.05) is 18.9 Å². The van der Waals surface area contributed by atoms with Crippen LogP contribution in [0.25, 0.3) is 0 Å². The van der Waals surface area contributed by atoms with Crippen molar-refractivity contribution in [2.45, 2.75) is 13.5 Å². The Labute approximate surface area is 100 Å². The number of anilines is 1. The van der Waals surface area contributed by atoms with Gasteiger partial charge in [0.2, 0.25) is 0 Å². The summed E-state index contributed by atoms with van der Waals surface area (Å²) in [5, 5.41) is 9.49. The molecule has 0 aliphatic rings. The lowest BCUT2D eigenvalue weighted by molar-refractivity contribution is 0.154. The van der Waals surface area contributed by atoms with Gasteiger partial charge in [-0.15, -0.1) is 0 Å². The van der Waals surface area contributed by atoms with Gasteiger partial charge in [0.05, 0.1) is 18.8 Å². The minimum absolute atomic E-state index is 0.173. The lowest BCUT2D eigenvalue weighted by Crippen LogP contribution is -2.25. The van der Waals surface area contributed by atoms with Crippen LogP contribution in [0.5, 0.6) is 0 Å². The van der Waals surface area contributed by atoms with Gasteiger partial charge in [-0.2, -0.15) is 0 Å². The first kappa shape index (κ1) is 13.2. The Kier molecular flexibility index (Phi) is 5.45. The molecular formula is C10H16ClN3O2. The van der Waals surface area contributed by atoms with Gasteiger partial charge >= 0.3 is 0 Å². The SMILES string of the molecule is CCOCCN(C)c1ncnc(Cl)c1CO. The van der Waals surface area contributed by atoms with Crippen molar-refractivity contribution in [2.75, 3.05) is 31.7 Å². The molecule has 90 valence electrons. The maximum absolute atomic E-state index is 9.20. The van der Waals surface area contributed by atoms with Gasteiger partial charge in [-0.3, -0.25) is 0 Å². The van der Waals surface area contributed by atoms with E-state index >= 15 is 0 Å². The first-order valence-electron chi connectivity index (χ1n) is 5.09. The van der Waals surface area contributed by atoms with Gasteiger partial charge in [0.15, 0.2) is 0 Å². The van der Waals surface area contributed by atoms with Crippen LogP contribution in [0.3, 0.4) is 0 Å². The fourth-order valence-electron chi connectivity index (χ4n) is 1.30. The first-order valence-corrected chi connectivity index (χ1v) is 5.47. The highest BCUT2D eigenvalue weighted by Crippen LogP contribution is 2.21. The van der Waals surface area contributed by atoms with E-state index < -0.39 is 0 Å². The van der Waals surface area contributed by atoms with Crippen LogP contribution in [-0.4, -0.2) is 41.9 Å². The van der Waals surface area contributed by atoms with Crippen LogP contribution in [0.2, 0.25) is 5.15 Å². The van der Waals surface area contributed by atoms with Crippen molar-refractivity contribution in [2.24, 2.45) is 0 Å². The van der Waals surface area contributed by atoms with E-state index in [4.69, 9.17) is 16.3 Å². The fourth-order valence-corrected chi connectivity index (χ4v) is 1.49. The van der Waals surface area contributed by atoms with Gasteiger partial charge in [0.1, 0.15) is 17.3 Å². The van der Waals surface area contributed by atoms with Gasteiger partial charge in [-0.05, 0) is 6.92 Å². The molecule has 1 rings (SSSR count). The topological polar surface area (TPSA) is 58.5 Å². The standard InChI is InChI=1S/C10H16ClN3O2/c1-3-16-5-4-14(2)10-8(6-15)9(11)12-7-13-10/h7,15H,3-6H2,1-2H3. The number of hydrogen-bond donors (Lipinski definition) is 1. The molecule has 0 bridgehead atoms. The van der Waals surface area contributed by atoms with Crippen LogP contribution >= 0.6 is 11.6 Å². The zero-order valence-electron chi connectivity index (χ0n) is 9.48. The molecule has 0 spiro atoms. The van der Waals surface area contributed by atoms with Crippen LogP contribution < -0.4 is 4.90 Å². The average molecular weight is 246 g/mol. The van der Waals surface area contributed by atoms with Gasteiger partial charge in [-0.25, -0.2) is 9.97 Å². The summed E-state index contributed by atoms with van der Waals surface area (Å²) in [6, 6.07) is 0. The number of aliphatic hydroxyl groups is 1. The molecule has 1 aromatic rings. The lowest BCUT2D eigenvalue weighted by atomic mass is 10.3. The number of halogens is 1. The van der Waals surface area contributed by atoms with Crippen LogP contribution in [-0.2, 0) is 11.3 Å². The van der Waals surface area contributed by atoms with E-state index in [1.54, 1.807) is 0 Å². The molecule has 0 saturated heterocycles. The zero-order chi connectivity index (χ0) is 12.0. The Bertz CT molecular complexity index is 336. The summed E-state index contributed by atoms with van der Waals surface area (Å²) in [4.78, 5) is 9.81. The quantitative estimate of drug-likeness (QED) is 0.601. The van der Waals surface area contributed by atoms with Crippen molar-refractivity contribution in [3.05, 3.63) is 17.0 Å². The van der Waals surface area contributed by atoms with Crippen molar-refractivity contribution in [1.29, 1.82) is 0 Å². The summed E-state index contributed by atoms with van der Waals surface area (Å²) in [5.41, 5.74) is 0.545. The summed E-state index contributed by atoms with van der Waals surface area (Å²) >= 11 is 5.87. The van der Waals surface area contributed by atoms with Crippen molar-refractivity contribution < 1.29 is 9.84 Å². The van der Waals surface area contributed by atoms with E-state index in [2.05, 4.69) is 9.97 Å². The van der Waals surface area contributed by atoms with Crippen LogP contribution in [0.4, 0.5) is 5.82 Å². The fraction of sp³-hybridized carbons (Fsp3) is 0.600. The first-order chi connectivity index (χ1) is 7.70. The van der Waals surface area contributed by atoms with E-state index in [1.165, 1.54) is 6.33 Å². The van der Waals surface area contributed by atoms with E-state index in [-0.39, 0.29) is 11.8 Å². The molecule has 1 heterocycles. The second kappa shape index (κ2) is 6.62. The van der Waals surface area contributed by atoms with Gasteiger partial charge < -0.3 is 14.7 Å². The number of aliphatic hydroxyl groups excluding tert-OH is 1.